The number of rotatable bonds is 6. The Kier molecular flexibility index (Phi) is 6.68. The molecule has 3 aromatic carbocycles. The molecule has 2 amide bonds. The van der Waals surface area contributed by atoms with Gasteiger partial charge in [-0.1, -0.05) is 23.7 Å². The predicted octanol–water partition coefficient (Wildman–Crippen LogP) is 2.66. The van der Waals surface area contributed by atoms with Crippen LogP contribution in [-0.2, 0) is 14.8 Å². The van der Waals surface area contributed by atoms with E-state index in [1.54, 1.807) is 36.4 Å². The highest BCUT2D eigenvalue weighted by Gasteiger charge is 2.23. The number of fused-ring (bicyclic) bond motifs is 1. The zero-order valence-corrected chi connectivity index (χ0v) is 19.9. The van der Waals surface area contributed by atoms with Gasteiger partial charge in [0, 0.05) is 28.7 Å². The van der Waals surface area contributed by atoms with Gasteiger partial charge in [0.25, 0.3) is 27.4 Å². The van der Waals surface area contributed by atoms with Crippen molar-refractivity contribution in [2.45, 2.75) is 17.9 Å². The summed E-state index contributed by atoms with van der Waals surface area (Å²) in [6.07, 6.45) is 4.13. The first-order valence-corrected chi connectivity index (χ1v) is 12.2. The van der Waals surface area contributed by atoms with Crippen molar-refractivity contribution in [3.8, 4) is 5.69 Å². The maximum absolute atomic E-state index is 12.7. The van der Waals surface area contributed by atoms with E-state index in [0.717, 1.165) is 5.39 Å². The Bertz CT molecular complexity index is 1600. The number of amides is 2. The van der Waals surface area contributed by atoms with Gasteiger partial charge in [-0.05, 0) is 66.2 Å². The summed E-state index contributed by atoms with van der Waals surface area (Å²) in [7, 11) is -4.17. The van der Waals surface area contributed by atoms with Gasteiger partial charge in [0.15, 0.2) is 0 Å². The normalized spacial score (nSPS) is 12.2. The third kappa shape index (κ3) is 5.39. The number of carbonyl (C=O) groups excluding carboxylic acids is 2. The first-order valence-electron chi connectivity index (χ1n) is 10.3. The number of nitrogens with zero attached hydrogens (tertiary/aromatic N) is 2. The average molecular weight is 511 g/mol. The monoisotopic (exact) mass is 510 g/mol. The van der Waals surface area contributed by atoms with Crippen LogP contribution in [0.15, 0.2) is 88.9 Å². The molecule has 1 aromatic heterocycles. The highest BCUT2D eigenvalue weighted by molar-refractivity contribution is 7.90. The van der Waals surface area contributed by atoms with Crippen molar-refractivity contribution < 1.29 is 18.0 Å². The largest absolute Gasteiger partial charge is 0.340 e. The average Bonchev–Trinajstić information content (AvgIpc) is 2.83. The van der Waals surface area contributed by atoms with E-state index in [1.165, 1.54) is 54.3 Å². The van der Waals surface area contributed by atoms with Crippen LogP contribution in [0.25, 0.3) is 16.5 Å². The standard InChI is InChI=1S/C24H19ClN4O5S/c1-15(27-24(32)16-3-7-20(8-4-16)29-11-10-26-14-22(29)30)23(31)28-35(33,34)21-9-5-17-12-19(25)6-2-18(17)13-21/h2-15H,1H3,(H,27,32)(H,28,31). The van der Waals surface area contributed by atoms with Crippen molar-refractivity contribution in [3.63, 3.8) is 0 Å². The molecule has 0 radical (unpaired) electrons. The molecule has 0 aliphatic rings. The molecular formula is C24H19ClN4O5S. The second-order valence-electron chi connectivity index (χ2n) is 7.65. The first kappa shape index (κ1) is 24.1. The number of aromatic nitrogens is 2. The second kappa shape index (κ2) is 9.69. The fourth-order valence-electron chi connectivity index (χ4n) is 3.32. The van der Waals surface area contributed by atoms with Gasteiger partial charge < -0.3 is 5.32 Å². The lowest BCUT2D eigenvalue weighted by Gasteiger charge is -2.15. The summed E-state index contributed by atoms with van der Waals surface area (Å²) in [5.41, 5.74) is 0.432. The molecule has 178 valence electrons. The van der Waals surface area contributed by atoms with E-state index in [2.05, 4.69) is 10.3 Å². The van der Waals surface area contributed by atoms with Crippen LogP contribution >= 0.6 is 11.6 Å². The Morgan fingerprint density at radius 3 is 2.40 bits per heavy atom. The lowest BCUT2D eigenvalue weighted by Crippen LogP contribution is -2.46. The van der Waals surface area contributed by atoms with Crippen LogP contribution in [0.2, 0.25) is 5.02 Å². The van der Waals surface area contributed by atoms with E-state index in [1.807, 2.05) is 4.72 Å². The van der Waals surface area contributed by atoms with Gasteiger partial charge in [-0.2, -0.15) is 0 Å². The molecule has 1 heterocycles. The molecule has 11 heteroatoms. The summed E-state index contributed by atoms with van der Waals surface area (Å²) >= 11 is 5.95. The number of halogens is 1. The molecule has 1 unspecified atom stereocenters. The quantitative estimate of drug-likeness (QED) is 0.410. The Balaban J connectivity index is 1.43. The SMILES string of the molecule is CC(NC(=O)c1ccc(-n2ccncc2=O)cc1)C(=O)NS(=O)(=O)c1ccc2cc(Cl)ccc2c1. The van der Waals surface area contributed by atoms with E-state index in [-0.39, 0.29) is 16.0 Å². The molecule has 9 nitrogen and oxygen atoms in total. The van der Waals surface area contributed by atoms with Gasteiger partial charge in [-0.15, -0.1) is 0 Å². The topological polar surface area (TPSA) is 127 Å². The zero-order valence-electron chi connectivity index (χ0n) is 18.3. The van der Waals surface area contributed by atoms with Gasteiger partial charge in [0.05, 0.1) is 11.1 Å². The minimum absolute atomic E-state index is 0.0962. The van der Waals surface area contributed by atoms with Crippen LogP contribution in [0.5, 0.6) is 0 Å². The summed E-state index contributed by atoms with van der Waals surface area (Å²) in [6.45, 7) is 1.37. The number of sulfonamides is 1. The molecule has 2 N–H and O–H groups in total. The molecule has 0 bridgehead atoms. The fraction of sp³-hybridized carbons (Fsp3) is 0.0833. The van der Waals surface area contributed by atoms with Crippen molar-refractivity contribution in [2.24, 2.45) is 0 Å². The van der Waals surface area contributed by atoms with Crippen molar-refractivity contribution in [2.75, 3.05) is 0 Å². The molecule has 0 aliphatic heterocycles. The summed E-state index contributed by atoms with van der Waals surface area (Å²) in [4.78, 5) is 40.6. The van der Waals surface area contributed by atoms with Crippen LogP contribution in [0.4, 0.5) is 0 Å². The van der Waals surface area contributed by atoms with E-state index >= 15 is 0 Å². The molecular weight excluding hydrogens is 492 g/mol. The fourth-order valence-corrected chi connectivity index (χ4v) is 4.59. The Morgan fingerprint density at radius 2 is 1.69 bits per heavy atom. The van der Waals surface area contributed by atoms with Gasteiger partial charge in [-0.25, -0.2) is 13.1 Å². The first-order chi connectivity index (χ1) is 16.6. The van der Waals surface area contributed by atoms with Crippen LogP contribution in [0.3, 0.4) is 0 Å². The van der Waals surface area contributed by atoms with Crippen molar-refractivity contribution in [3.05, 3.63) is 100 Å². The molecule has 0 spiro atoms. The number of carbonyl (C=O) groups is 2. The smallest absolute Gasteiger partial charge is 0.273 e. The molecule has 0 fully saturated rings. The molecule has 0 saturated heterocycles. The molecule has 4 rings (SSSR count). The van der Waals surface area contributed by atoms with Gasteiger partial charge >= 0.3 is 0 Å². The zero-order chi connectivity index (χ0) is 25.2. The highest BCUT2D eigenvalue weighted by atomic mass is 35.5. The summed E-state index contributed by atoms with van der Waals surface area (Å²) in [5, 5.41) is 4.38. The number of nitrogens with one attached hydrogen (secondary N) is 2. The Hall–Kier alpha value is -4.02. The van der Waals surface area contributed by atoms with E-state index in [0.29, 0.717) is 16.1 Å². The van der Waals surface area contributed by atoms with E-state index < -0.39 is 27.9 Å². The van der Waals surface area contributed by atoms with Crippen LogP contribution in [0, 0.1) is 0 Å². The summed E-state index contributed by atoms with van der Waals surface area (Å²) in [5.74, 6) is -1.48. The van der Waals surface area contributed by atoms with Gasteiger partial charge in [0.1, 0.15) is 6.04 Å². The minimum Gasteiger partial charge on any atom is -0.340 e. The predicted molar refractivity (Wildman–Crippen MR) is 131 cm³/mol. The molecule has 0 saturated carbocycles. The third-order valence-corrected chi connectivity index (χ3v) is 6.77. The van der Waals surface area contributed by atoms with Crippen LogP contribution < -0.4 is 15.6 Å². The van der Waals surface area contributed by atoms with E-state index in [9.17, 15) is 22.8 Å². The van der Waals surface area contributed by atoms with Crippen molar-refractivity contribution in [1.29, 1.82) is 0 Å². The molecule has 35 heavy (non-hydrogen) atoms. The third-order valence-electron chi connectivity index (χ3n) is 5.19. The highest BCUT2D eigenvalue weighted by Crippen LogP contribution is 2.22. The Morgan fingerprint density at radius 1 is 1.00 bits per heavy atom. The molecule has 4 aromatic rings. The van der Waals surface area contributed by atoms with Crippen LogP contribution in [0.1, 0.15) is 17.3 Å². The molecule has 1 atom stereocenters. The molecule has 0 aliphatic carbocycles. The lowest BCUT2D eigenvalue weighted by atomic mass is 10.1. The van der Waals surface area contributed by atoms with Crippen LogP contribution in [-0.4, -0.2) is 35.8 Å². The van der Waals surface area contributed by atoms with Gasteiger partial charge in [-0.3, -0.25) is 23.9 Å². The van der Waals surface area contributed by atoms with Gasteiger partial charge in [0.2, 0.25) is 0 Å². The van der Waals surface area contributed by atoms with Crippen molar-refractivity contribution in [1.82, 2.24) is 19.6 Å². The van der Waals surface area contributed by atoms with Crippen molar-refractivity contribution >= 4 is 44.2 Å². The maximum Gasteiger partial charge on any atom is 0.273 e. The van der Waals surface area contributed by atoms with E-state index in [4.69, 9.17) is 11.6 Å². The second-order valence-corrected chi connectivity index (χ2v) is 9.77. The summed E-state index contributed by atoms with van der Waals surface area (Å²) < 4.78 is 28.8. The number of hydrogen-bond acceptors (Lipinski definition) is 6. The number of hydrogen-bond donors (Lipinski definition) is 2. The summed E-state index contributed by atoms with van der Waals surface area (Å²) in [6, 6.07) is 14.4. The number of benzene rings is 3. The maximum atomic E-state index is 12.7. The lowest BCUT2D eigenvalue weighted by molar-refractivity contribution is -0.120. The minimum atomic E-state index is -4.17. The Labute approximate surface area is 205 Å².